The Morgan fingerprint density at radius 3 is 2.68 bits per heavy atom. The Bertz CT molecular complexity index is 803. The van der Waals surface area contributed by atoms with Gasteiger partial charge in [-0.2, -0.15) is 0 Å². The predicted octanol–water partition coefficient (Wildman–Crippen LogP) is 2.87. The number of para-hydroxylation sites is 1. The predicted molar refractivity (Wildman–Crippen MR) is 93.6 cm³/mol. The van der Waals surface area contributed by atoms with Gasteiger partial charge in [0.1, 0.15) is 18.4 Å². The van der Waals surface area contributed by atoms with Crippen LogP contribution in [0.4, 0.5) is 0 Å². The quantitative estimate of drug-likeness (QED) is 0.936. The van der Waals surface area contributed by atoms with E-state index in [0.29, 0.717) is 11.6 Å². The van der Waals surface area contributed by atoms with Crippen LogP contribution in [0.2, 0.25) is 0 Å². The molecule has 128 valence electrons. The van der Waals surface area contributed by atoms with Crippen molar-refractivity contribution in [2.24, 2.45) is 0 Å². The second-order valence-electron chi connectivity index (χ2n) is 6.45. The van der Waals surface area contributed by atoms with Gasteiger partial charge in [0.05, 0.1) is 6.26 Å². The van der Waals surface area contributed by atoms with Gasteiger partial charge in [0, 0.05) is 23.2 Å². The standard InChI is InChI=1S/C19H20N4O2/c24-19(15-9-10-25-18-4-2-1-3-14(18)11-15)22-16-5-7-17(8-6-16)23-12-20-21-13-23/h1-4,9-13,16-17H,5-8H2,(H,22,24). The summed E-state index contributed by atoms with van der Waals surface area (Å²) in [7, 11) is 0. The Hall–Kier alpha value is -2.89. The summed E-state index contributed by atoms with van der Waals surface area (Å²) in [5, 5.41) is 10.9. The molecule has 1 aromatic heterocycles. The van der Waals surface area contributed by atoms with E-state index in [4.69, 9.17) is 4.74 Å². The minimum atomic E-state index is -0.0516. The van der Waals surface area contributed by atoms with E-state index in [9.17, 15) is 4.79 Å². The van der Waals surface area contributed by atoms with Crippen LogP contribution < -0.4 is 10.1 Å². The monoisotopic (exact) mass is 336 g/mol. The number of ether oxygens (including phenoxy) is 1. The van der Waals surface area contributed by atoms with Gasteiger partial charge in [-0.05, 0) is 43.9 Å². The summed E-state index contributed by atoms with van der Waals surface area (Å²) in [5.41, 5.74) is 1.53. The molecule has 0 radical (unpaired) electrons. The van der Waals surface area contributed by atoms with Crippen molar-refractivity contribution in [2.45, 2.75) is 37.8 Å². The Balaban J connectivity index is 1.39. The summed E-state index contributed by atoms with van der Waals surface area (Å²) in [5.74, 6) is 0.709. The highest BCUT2D eigenvalue weighted by molar-refractivity contribution is 6.01. The normalized spacial score (nSPS) is 22.3. The number of hydrogen-bond donors (Lipinski definition) is 1. The number of rotatable bonds is 3. The molecular formula is C19H20N4O2. The Morgan fingerprint density at radius 1 is 1.12 bits per heavy atom. The first kappa shape index (κ1) is 15.6. The molecule has 0 bridgehead atoms. The Morgan fingerprint density at radius 2 is 1.88 bits per heavy atom. The van der Waals surface area contributed by atoms with Gasteiger partial charge < -0.3 is 14.6 Å². The van der Waals surface area contributed by atoms with Crippen molar-refractivity contribution >= 4 is 12.0 Å². The smallest absolute Gasteiger partial charge is 0.251 e. The second-order valence-corrected chi connectivity index (χ2v) is 6.45. The molecule has 2 heterocycles. The summed E-state index contributed by atoms with van der Waals surface area (Å²) in [6.07, 6.45) is 12.6. The average Bonchev–Trinajstić information content (AvgIpc) is 3.08. The van der Waals surface area contributed by atoms with Crippen molar-refractivity contribution in [1.82, 2.24) is 20.1 Å². The van der Waals surface area contributed by atoms with Crippen LogP contribution in [0.5, 0.6) is 5.75 Å². The number of nitrogens with zero attached hydrogens (tertiary/aromatic N) is 3. The highest BCUT2D eigenvalue weighted by Gasteiger charge is 2.24. The number of carbonyl (C=O) groups excluding carboxylic acids is 1. The van der Waals surface area contributed by atoms with Crippen LogP contribution in [0, 0.1) is 0 Å². The number of hydrogen-bond acceptors (Lipinski definition) is 4. The maximum atomic E-state index is 12.6. The second kappa shape index (κ2) is 6.93. The summed E-state index contributed by atoms with van der Waals surface area (Å²) in [4.78, 5) is 12.6. The van der Waals surface area contributed by atoms with Crippen LogP contribution >= 0.6 is 0 Å². The van der Waals surface area contributed by atoms with Crippen molar-refractivity contribution in [3.05, 3.63) is 60.4 Å². The van der Waals surface area contributed by atoms with Gasteiger partial charge in [0.25, 0.3) is 5.91 Å². The SMILES string of the molecule is O=C(NC1CCC(n2cnnc2)CC1)C1=Cc2ccccc2OC=C1. The number of carbonyl (C=O) groups is 1. The van der Waals surface area contributed by atoms with E-state index < -0.39 is 0 Å². The van der Waals surface area contributed by atoms with Gasteiger partial charge in [-0.1, -0.05) is 18.2 Å². The molecule has 0 unspecified atom stereocenters. The third kappa shape index (κ3) is 3.47. The number of aromatic nitrogens is 3. The molecule has 1 aromatic carbocycles. The zero-order valence-corrected chi connectivity index (χ0v) is 13.8. The fraction of sp³-hybridized carbons (Fsp3) is 0.316. The summed E-state index contributed by atoms with van der Waals surface area (Å²) < 4.78 is 7.61. The molecule has 1 amide bonds. The topological polar surface area (TPSA) is 69.0 Å². The fourth-order valence-corrected chi connectivity index (χ4v) is 3.43. The maximum absolute atomic E-state index is 12.6. The van der Waals surface area contributed by atoms with Crippen LogP contribution in [-0.4, -0.2) is 26.7 Å². The number of amides is 1. The first-order chi connectivity index (χ1) is 12.3. The molecular weight excluding hydrogens is 316 g/mol. The molecule has 1 aliphatic carbocycles. The largest absolute Gasteiger partial charge is 0.464 e. The number of benzene rings is 1. The molecule has 0 atom stereocenters. The zero-order valence-electron chi connectivity index (χ0n) is 13.8. The molecule has 6 heteroatoms. The maximum Gasteiger partial charge on any atom is 0.251 e. The highest BCUT2D eigenvalue weighted by Crippen LogP contribution is 2.29. The van der Waals surface area contributed by atoms with Crippen molar-refractivity contribution in [3.63, 3.8) is 0 Å². The van der Waals surface area contributed by atoms with Crippen LogP contribution in [0.25, 0.3) is 6.08 Å². The molecule has 1 N–H and O–H groups in total. The van der Waals surface area contributed by atoms with Crippen molar-refractivity contribution in [3.8, 4) is 5.75 Å². The third-order valence-electron chi connectivity index (χ3n) is 4.82. The lowest BCUT2D eigenvalue weighted by atomic mass is 9.91. The average molecular weight is 336 g/mol. The molecule has 1 saturated carbocycles. The molecule has 1 aliphatic heterocycles. The van der Waals surface area contributed by atoms with E-state index in [1.807, 2.05) is 30.3 Å². The lowest BCUT2D eigenvalue weighted by Crippen LogP contribution is -2.38. The van der Waals surface area contributed by atoms with Crippen LogP contribution in [-0.2, 0) is 4.79 Å². The van der Waals surface area contributed by atoms with E-state index in [1.165, 1.54) is 0 Å². The van der Waals surface area contributed by atoms with E-state index in [2.05, 4.69) is 20.1 Å². The van der Waals surface area contributed by atoms with Crippen molar-refractivity contribution < 1.29 is 9.53 Å². The van der Waals surface area contributed by atoms with Gasteiger partial charge in [-0.25, -0.2) is 0 Å². The number of fused-ring (bicyclic) bond motifs is 1. The van der Waals surface area contributed by atoms with E-state index in [0.717, 1.165) is 37.0 Å². The lowest BCUT2D eigenvalue weighted by molar-refractivity contribution is -0.118. The Kier molecular flexibility index (Phi) is 4.33. The molecule has 6 nitrogen and oxygen atoms in total. The minimum Gasteiger partial charge on any atom is -0.464 e. The molecule has 0 spiro atoms. The van der Waals surface area contributed by atoms with Crippen molar-refractivity contribution in [2.75, 3.05) is 0 Å². The highest BCUT2D eigenvalue weighted by atomic mass is 16.5. The summed E-state index contributed by atoms with van der Waals surface area (Å²) in [6.45, 7) is 0. The van der Waals surface area contributed by atoms with E-state index >= 15 is 0 Å². The lowest BCUT2D eigenvalue weighted by Gasteiger charge is -2.29. The molecule has 25 heavy (non-hydrogen) atoms. The molecule has 0 saturated heterocycles. The van der Waals surface area contributed by atoms with Crippen LogP contribution in [0.1, 0.15) is 37.3 Å². The van der Waals surface area contributed by atoms with Gasteiger partial charge in [-0.15, -0.1) is 10.2 Å². The summed E-state index contributed by atoms with van der Waals surface area (Å²) in [6, 6.07) is 8.32. The molecule has 2 aliphatic rings. The fourth-order valence-electron chi connectivity index (χ4n) is 3.43. The van der Waals surface area contributed by atoms with Crippen LogP contribution in [0.15, 0.2) is 54.8 Å². The van der Waals surface area contributed by atoms with Gasteiger partial charge >= 0.3 is 0 Å². The van der Waals surface area contributed by atoms with Crippen LogP contribution in [0.3, 0.4) is 0 Å². The molecule has 4 rings (SSSR count). The zero-order chi connectivity index (χ0) is 17.1. The van der Waals surface area contributed by atoms with Gasteiger partial charge in [0.15, 0.2) is 0 Å². The van der Waals surface area contributed by atoms with E-state index in [-0.39, 0.29) is 11.9 Å². The Labute approximate surface area is 146 Å². The van der Waals surface area contributed by atoms with E-state index in [1.54, 1.807) is 25.0 Å². The summed E-state index contributed by atoms with van der Waals surface area (Å²) >= 11 is 0. The number of nitrogens with one attached hydrogen (secondary N) is 1. The molecule has 2 aromatic rings. The first-order valence-electron chi connectivity index (χ1n) is 8.58. The minimum absolute atomic E-state index is 0.0516. The van der Waals surface area contributed by atoms with Gasteiger partial charge in [0.2, 0.25) is 0 Å². The third-order valence-corrected chi connectivity index (χ3v) is 4.82. The van der Waals surface area contributed by atoms with Crippen molar-refractivity contribution in [1.29, 1.82) is 0 Å². The van der Waals surface area contributed by atoms with Gasteiger partial charge in [-0.3, -0.25) is 4.79 Å². The first-order valence-corrected chi connectivity index (χ1v) is 8.58. The molecule has 1 fully saturated rings.